The van der Waals surface area contributed by atoms with E-state index >= 15 is 0 Å². The molecule has 1 saturated heterocycles. The van der Waals surface area contributed by atoms with Gasteiger partial charge in [0.05, 0.1) is 14.2 Å². The molecule has 0 spiro atoms. The van der Waals surface area contributed by atoms with Crippen LogP contribution in [0.15, 0.2) is 17.0 Å². The largest absolute Gasteiger partial charge is 0.493 e. The summed E-state index contributed by atoms with van der Waals surface area (Å²) >= 11 is 0. The summed E-state index contributed by atoms with van der Waals surface area (Å²) in [7, 11) is -1.19. The molecule has 0 aliphatic carbocycles. The Bertz CT molecular complexity index is 640. The van der Waals surface area contributed by atoms with Gasteiger partial charge in [0.15, 0.2) is 11.5 Å². The molecule has 1 fully saturated rings. The van der Waals surface area contributed by atoms with Crippen LogP contribution in [0.1, 0.15) is 13.8 Å². The second-order valence-corrected chi connectivity index (χ2v) is 7.33. The molecule has 2 atom stereocenters. The molecule has 1 aromatic carbocycles. The minimum atomic E-state index is -3.93. The number of hydrogen-bond donors (Lipinski definition) is 1. The third-order valence-electron chi connectivity index (χ3n) is 3.58. The average Bonchev–Trinajstić information content (AvgIpc) is 2.45. The Morgan fingerprint density at radius 3 is 2.14 bits per heavy atom. The standard InChI is InChI=1S/C14H21FN2O4S/c1-9-7-17(8-10(2)16-9)22(18,19)14-6-13(21-4)12(20-3)5-11(14)15/h5-6,9-10,16H,7-8H2,1-4H3. The summed E-state index contributed by atoms with van der Waals surface area (Å²) in [5.74, 6) is -0.517. The molecule has 8 heteroatoms. The van der Waals surface area contributed by atoms with Gasteiger partial charge in [0.25, 0.3) is 0 Å². The smallest absolute Gasteiger partial charge is 0.246 e. The van der Waals surface area contributed by atoms with E-state index in [1.807, 2.05) is 13.8 Å². The van der Waals surface area contributed by atoms with Crippen LogP contribution < -0.4 is 14.8 Å². The van der Waals surface area contributed by atoms with Crippen LogP contribution in [0.3, 0.4) is 0 Å². The highest BCUT2D eigenvalue weighted by Crippen LogP contribution is 2.33. The van der Waals surface area contributed by atoms with Crippen molar-refractivity contribution in [1.82, 2.24) is 9.62 Å². The van der Waals surface area contributed by atoms with Crippen LogP contribution in [-0.2, 0) is 10.0 Å². The summed E-state index contributed by atoms with van der Waals surface area (Å²) in [6.45, 7) is 4.37. The molecule has 0 bridgehead atoms. The van der Waals surface area contributed by atoms with Gasteiger partial charge in [0, 0.05) is 37.3 Å². The van der Waals surface area contributed by atoms with E-state index < -0.39 is 20.7 Å². The zero-order valence-corrected chi connectivity index (χ0v) is 13.9. The molecule has 1 aliphatic heterocycles. The second kappa shape index (κ2) is 6.39. The Kier molecular flexibility index (Phi) is 4.93. The topological polar surface area (TPSA) is 67.9 Å². The number of sulfonamides is 1. The van der Waals surface area contributed by atoms with Crippen LogP contribution in [0.2, 0.25) is 0 Å². The van der Waals surface area contributed by atoms with Gasteiger partial charge in [0.2, 0.25) is 10.0 Å². The van der Waals surface area contributed by atoms with E-state index in [0.29, 0.717) is 13.1 Å². The number of benzene rings is 1. The molecule has 22 heavy (non-hydrogen) atoms. The quantitative estimate of drug-likeness (QED) is 0.898. The maximum atomic E-state index is 14.2. The van der Waals surface area contributed by atoms with Crippen LogP contribution in [0.25, 0.3) is 0 Å². The van der Waals surface area contributed by atoms with Crippen molar-refractivity contribution in [2.24, 2.45) is 0 Å². The highest BCUT2D eigenvalue weighted by atomic mass is 32.2. The minimum Gasteiger partial charge on any atom is -0.493 e. The molecule has 124 valence electrons. The predicted octanol–water partition coefficient (Wildman–Crippen LogP) is 1.21. The number of nitrogens with zero attached hydrogens (tertiary/aromatic N) is 1. The molecule has 0 saturated carbocycles. The van der Waals surface area contributed by atoms with Gasteiger partial charge in [-0.05, 0) is 13.8 Å². The second-order valence-electron chi connectivity index (χ2n) is 5.43. The van der Waals surface area contributed by atoms with Gasteiger partial charge in [-0.2, -0.15) is 4.31 Å². The first-order chi connectivity index (χ1) is 10.3. The van der Waals surface area contributed by atoms with Crippen LogP contribution in [0, 0.1) is 5.82 Å². The highest BCUT2D eigenvalue weighted by Gasteiger charge is 2.34. The molecule has 1 N–H and O–H groups in total. The van der Waals surface area contributed by atoms with Crippen LogP contribution in [-0.4, -0.2) is 52.1 Å². The first-order valence-corrected chi connectivity index (χ1v) is 8.41. The fourth-order valence-electron chi connectivity index (χ4n) is 2.65. The average molecular weight is 332 g/mol. The lowest BCUT2D eigenvalue weighted by Gasteiger charge is -2.35. The summed E-state index contributed by atoms with van der Waals surface area (Å²) in [4.78, 5) is -0.397. The van der Waals surface area contributed by atoms with Gasteiger partial charge in [0.1, 0.15) is 10.7 Å². The normalized spacial score (nSPS) is 23.3. The van der Waals surface area contributed by atoms with Gasteiger partial charge in [-0.3, -0.25) is 0 Å². The summed E-state index contributed by atoms with van der Waals surface area (Å²) in [5, 5.41) is 3.24. The number of methoxy groups -OCH3 is 2. The van der Waals surface area contributed by atoms with Crippen molar-refractivity contribution in [3.63, 3.8) is 0 Å². The Morgan fingerprint density at radius 1 is 1.14 bits per heavy atom. The number of hydrogen-bond acceptors (Lipinski definition) is 5. The molecule has 6 nitrogen and oxygen atoms in total. The van der Waals surface area contributed by atoms with E-state index in [9.17, 15) is 12.8 Å². The number of piperazine rings is 1. The molecule has 1 heterocycles. The molecule has 1 aromatic rings. The maximum absolute atomic E-state index is 14.2. The van der Waals surface area contributed by atoms with Gasteiger partial charge in [-0.15, -0.1) is 0 Å². The molecular formula is C14H21FN2O4S. The zero-order chi connectivity index (χ0) is 16.5. The van der Waals surface area contributed by atoms with Crippen molar-refractivity contribution in [2.45, 2.75) is 30.8 Å². The van der Waals surface area contributed by atoms with E-state index in [1.54, 1.807) is 0 Å². The Hall–Kier alpha value is -1.38. The third kappa shape index (κ3) is 3.18. The number of ether oxygens (including phenoxy) is 2. The Morgan fingerprint density at radius 2 is 1.64 bits per heavy atom. The van der Waals surface area contributed by atoms with Crippen molar-refractivity contribution >= 4 is 10.0 Å². The molecule has 0 aromatic heterocycles. The molecule has 0 amide bonds. The lowest BCUT2D eigenvalue weighted by atomic mass is 10.2. The number of nitrogens with one attached hydrogen (secondary N) is 1. The van der Waals surface area contributed by atoms with Gasteiger partial charge < -0.3 is 14.8 Å². The SMILES string of the molecule is COc1cc(F)c(S(=O)(=O)N2CC(C)NC(C)C2)cc1OC. The monoisotopic (exact) mass is 332 g/mol. The fraction of sp³-hybridized carbons (Fsp3) is 0.571. The Labute approximate surface area is 130 Å². The summed E-state index contributed by atoms with van der Waals surface area (Å²) in [6, 6.07) is 2.20. The third-order valence-corrected chi connectivity index (χ3v) is 5.43. The van der Waals surface area contributed by atoms with Crippen LogP contribution in [0.5, 0.6) is 11.5 Å². The lowest BCUT2D eigenvalue weighted by Crippen LogP contribution is -2.55. The summed E-state index contributed by atoms with van der Waals surface area (Å²) in [6.07, 6.45) is 0. The van der Waals surface area contributed by atoms with Crippen molar-refractivity contribution in [1.29, 1.82) is 0 Å². The van der Waals surface area contributed by atoms with Crippen molar-refractivity contribution < 1.29 is 22.3 Å². The van der Waals surface area contributed by atoms with Gasteiger partial charge >= 0.3 is 0 Å². The van der Waals surface area contributed by atoms with E-state index in [1.165, 1.54) is 24.6 Å². The highest BCUT2D eigenvalue weighted by molar-refractivity contribution is 7.89. The summed E-state index contributed by atoms with van der Waals surface area (Å²) < 4.78 is 51.0. The van der Waals surface area contributed by atoms with Gasteiger partial charge in [-0.1, -0.05) is 0 Å². The van der Waals surface area contributed by atoms with Crippen molar-refractivity contribution in [3.05, 3.63) is 17.9 Å². The van der Waals surface area contributed by atoms with Crippen molar-refractivity contribution in [2.75, 3.05) is 27.3 Å². The maximum Gasteiger partial charge on any atom is 0.246 e. The van der Waals surface area contributed by atoms with Crippen LogP contribution >= 0.6 is 0 Å². The first-order valence-electron chi connectivity index (χ1n) is 6.97. The predicted molar refractivity (Wildman–Crippen MR) is 80.3 cm³/mol. The molecule has 0 radical (unpaired) electrons. The molecule has 2 unspecified atom stereocenters. The first kappa shape index (κ1) is 17.0. The molecular weight excluding hydrogens is 311 g/mol. The minimum absolute atomic E-state index is 0.00160. The van der Waals surface area contributed by atoms with Crippen LogP contribution in [0.4, 0.5) is 4.39 Å². The van der Waals surface area contributed by atoms with Crippen molar-refractivity contribution in [3.8, 4) is 11.5 Å². The van der Waals surface area contributed by atoms with E-state index in [-0.39, 0.29) is 23.6 Å². The fourth-order valence-corrected chi connectivity index (χ4v) is 4.32. The zero-order valence-electron chi connectivity index (χ0n) is 13.1. The summed E-state index contributed by atoms with van der Waals surface area (Å²) in [5.41, 5.74) is 0. The molecule has 1 aliphatic rings. The number of rotatable bonds is 4. The lowest BCUT2D eigenvalue weighted by molar-refractivity contribution is 0.262. The number of halogens is 1. The Balaban J connectivity index is 2.45. The molecule has 2 rings (SSSR count). The van der Waals surface area contributed by atoms with E-state index in [2.05, 4.69) is 5.32 Å². The van der Waals surface area contributed by atoms with E-state index in [4.69, 9.17) is 9.47 Å². The van der Waals surface area contributed by atoms with E-state index in [0.717, 1.165) is 6.07 Å². The van der Waals surface area contributed by atoms with Gasteiger partial charge in [-0.25, -0.2) is 12.8 Å².